The third-order valence-electron chi connectivity index (χ3n) is 5.02. The average Bonchev–Trinajstić information content (AvgIpc) is 3.45. The number of furan rings is 1. The molecule has 0 unspecified atom stereocenters. The monoisotopic (exact) mass is 459 g/mol. The molecule has 0 saturated heterocycles. The standard InChI is InChI=1S/C26H15Cl2NO3/c27-18-7-10-20(22(28)15-18)25-13-9-19(31-25)8-12-24(30)17-6-11-23-21(14-17)26(32-29-23)16-4-2-1-3-5-16/h1-15H/b12-8+. The van der Waals surface area contributed by atoms with Gasteiger partial charge in [0, 0.05) is 21.7 Å². The van der Waals surface area contributed by atoms with Crippen molar-refractivity contribution in [3.8, 4) is 22.6 Å². The molecule has 0 amide bonds. The number of fused-ring (bicyclic) bond motifs is 1. The Morgan fingerprint density at radius 3 is 2.56 bits per heavy atom. The van der Waals surface area contributed by atoms with Crippen LogP contribution in [0, 0.1) is 0 Å². The van der Waals surface area contributed by atoms with Gasteiger partial charge in [-0.25, -0.2) is 0 Å². The maximum absolute atomic E-state index is 12.8. The molecule has 6 heteroatoms. The zero-order valence-electron chi connectivity index (χ0n) is 16.6. The molecule has 0 spiro atoms. The van der Waals surface area contributed by atoms with Gasteiger partial charge < -0.3 is 8.94 Å². The van der Waals surface area contributed by atoms with Crippen molar-refractivity contribution >= 4 is 46.0 Å². The molecule has 0 fully saturated rings. The van der Waals surface area contributed by atoms with Crippen molar-refractivity contribution in [1.29, 1.82) is 0 Å². The minimum atomic E-state index is -0.158. The van der Waals surface area contributed by atoms with E-state index in [-0.39, 0.29) is 5.78 Å². The second-order valence-electron chi connectivity index (χ2n) is 7.13. The summed E-state index contributed by atoms with van der Waals surface area (Å²) in [6.07, 6.45) is 3.11. The predicted octanol–water partition coefficient (Wildman–Crippen LogP) is 7.96. The van der Waals surface area contributed by atoms with Gasteiger partial charge in [-0.05, 0) is 60.7 Å². The van der Waals surface area contributed by atoms with Crippen LogP contribution in [0.3, 0.4) is 0 Å². The van der Waals surface area contributed by atoms with Gasteiger partial charge in [-0.15, -0.1) is 0 Å². The van der Waals surface area contributed by atoms with Gasteiger partial charge in [-0.3, -0.25) is 4.79 Å². The van der Waals surface area contributed by atoms with E-state index >= 15 is 0 Å². The first-order valence-electron chi connectivity index (χ1n) is 9.81. The Morgan fingerprint density at radius 2 is 1.75 bits per heavy atom. The van der Waals surface area contributed by atoms with Crippen LogP contribution >= 0.6 is 23.2 Å². The van der Waals surface area contributed by atoms with Crippen molar-refractivity contribution in [2.45, 2.75) is 0 Å². The molecule has 0 aliphatic rings. The summed E-state index contributed by atoms with van der Waals surface area (Å²) < 4.78 is 11.3. The first kappa shape index (κ1) is 20.3. The van der Waals surface area contributed by atoms with Gasteiger partial charge in [-0.1, -0.05) is 58.7 Å². The van der Waals surface area contributed by atoms with Gasteiger partial charge in [0.2, 0.25) is 0 Å². The van der Waals surface area contributed by atoms with Gasteiger partial charge in [0.05, 0.1) is 10.4 Å². The van der Waals surface area contributed by atoms with E-state index in [1.165, 1.54) is 6.08 Å². The summed E-state index contributed by atoms with van der Waals surface area (Å²) in [6, 6.07) is 23.7. The number of carbonyl (C=O) groups excluding carboxylic acids is 1. The van der Waals surface area contributed by atoms with Gasteiger partial charge in [0.1, 0.15) is 17.0 Å². The molecule has 2 aromatic heterocycles. The quantitative estimate of drug-likeness (QED) is 0.197. The van der Waals surface area contributed by atoms with E-state index in [2.05, 4.69) is 5.16 Å². The first-order chi connectivity index (χ1) is 15.6. The highest BCUT2D eigenvalue weighted by molar-refractivity contribution is 6.36. The van der Waals surface area contributed by atoms with Crippen LogP contribution in [0.2, 0.25) is 10.0 Å². The third kappa shape index (κ3) is 3.98. The van der Waals surface area contributed by atoms with Gasteiger partial charge in [0.25, 0.3) is 0 Å². The van der Waals surface area contributed by atoms with E-state index in [4.69, 9.17) is 32.1 Å². The molecule has 2 heterocycles. The summed E-state index contributed by atoms with van der Waals surface area (Å²) in [6.45, 7) is 0. The smallest absolute Gasteiger partial charge is 0.185 e. The molecule has 5 aromatic rings. The molecule has 32 heavy (non-hydrogen) atoms. The Hall–Kier alpha value is -3.60. The minimum Gasteiger partial charge on any atom is -0.457 e. The van der Waals surface area contributed by atoms with Crippen LogP contribution in [0.1, 0.15) is 16.1 Å². The lowest BCUT2D eigenvalue weighted by Crippen LogP contribution is -1.93. The van der Waals surface area contributed by atoms with Crippen molar-refractivity contribution in [1.82, 2.24) is 5.16 Å². The number of allylic oxidation sites excluding steroid dienone is 1. The van der Waals surface area contributed by atoms with Crippen LogP contribution < -0.4 is 0 Å². The van der Waals surface area contributed by atoms with E-state index in [1.807, 2.05) is 30.3 Å². The normalized spacial score (nSPS) is 11.4. The van der Waals surface area contributed by atoms with E-state index in [0.717, 1.165) is 16.5 Å². The summed E-state index contributed by atoms with van der Waals surface area (Å²) in [5.41, 5.74) is 2.86. The molecule has 0 N–H and O–H groups in total. The van der Waals surface area contributed by atoms with Gasteiger partial charge in [0.15, 0.2) is 11.5 Å². The fourth-order valence-corrected chi connectivity index (χ4v) is 3.92. The SMILES string of the molecule is O=C(/C=C/c1ccc(-c2ccc(Cl)cc2Cl)o1)c1ccc2noc(-c3ccccc3)c2c1. The molecule has 156 valence electrons. The average molecular weight is 460 g/mol. The van der Waals surface area contributed by atoms with E-state index in [9.17, 15) is 4.79 Å². The molecule has 0 aliphatic heterocycles. The molecule has 3 aromatic carbocycles. The topological polar surface area (TPSA) is 56.2 Å². The summed E-state index contributed by atoms with van der Waals surface area (Å²) in [5.74, 6) is 1.61. The fourth-order valence-electron chi connectivity index (χ4n) is 3.42. The summed E-state index contributed by atoms with van der Waals surface area (Å²) in [5, 5.41) is 5.93. The molecule has 0 bridgehead atoms. The van der Waals surface area contributed by atoms with Crippen LogP contribution in [0.5, 0.6) is 0 Å². The van der Waals surface area contributed by atoms with Crippen LogP contribution in [-0.4, -0.2) is 10.9 Å². The molecule has 0 radical (unpaired) electrons. The van der Waals surface area contributed by atoms with Crippen LogP contribution in [0.15, 0.2) is 93.9 Å². The second-order valence-corrected chi connectivity index (χ2v) is 7.98. The van der Waals surface area contributed by atoms with E-state index in [0.29, 0.717) is 38.4 Å². The van der Waals surface area contributed by atoms with Crippen molar-refractivity contribution in [2.24, 2.45) is 0 Å². The molecule has 4 nitrogen and oxygen atoms in total. The predicted molar refractivity (Wildman–Crippen MR) is 127 cm³/mol. The number of halogens is 2. The number of hydrogen-bond donors (Lipinski definition) is 0. The lowest BCUT2D eigenvalue weighted by Gasteiger charge is -2.00. The van der Waals surface area contributed by atoms with Gasteiger partial charge in [-0.2, -0.15) is 0 Å². The maximum Gasteiger partial charge on any atom is 0.185 e. The number of ketones is 1. The van der Waals surface area contributed by atoms with Gasteiger partial charge >= 0.3 is 0 Å². The Labute approximate surface area is 193 Å². The Morgan fingerprint density at radius 1 is 0.906 bits per heavy atom. The van der Waals surface area contributed by atoms with E-state index in [1.54, 1.807) is 54.6 Å². The maximum atomic E-state index is 12.8. The highest BCUT2D eigenvalue weighted by Crippen LogP contribution is 2.32. The zero-order chi connectivity index (χ0) is 22.1. The van der Waals surface area contributed by atoms with Crippen molar-refractivity contribution in [3.63, 3.8) is 0 Å². The minimum absolute atomic E-state index is 0.158. The Bertz CT molecular complexity index is 1470. The number of aromatic nitrogens is 1. The second kappa shape index (κ2) is 8.50. The molecule has 0 saturated carbocycles. The largest absolute Gasteiger partial charge is 0.457 e. The number of nitrogens with zero attached hydrogens (tertiary/aromatic N) is 1. The molecular formula is C26H15Cl2NO3. The van der Waals surface area contributed by atoms with Crippen LogP contribution in [0.25, 0.3) is 39.6 Å². The van der Waals surface area contributed by atoms with Crippen molar-refractivity contribution in [3.05, 3.63) is 106 Å². The molecule has 5 rings (SSSR count). The number of hydrogen-bond acceptors (Lipinski definition) is 4. The Balaban J connectivity index is 1.40. The summed E-state index contributed by atoms with van der Waals surface area (Å²) >= 11 is 12.2. The number of rotatable bonds is 5. The number of carbonyl (C=O) groups is 1. The zero-order valence-corrected chi connectivity index (χ0v) is 18.1. The molecule has 0 atom stereocenters. The third-order valence-corrected chi connectivity index (χ3v) is 5.57. The first-order valence-corrected chi connectivity index (χ1v) is 10.6. The number of benzene rings is 3. The highest BCUT2D eigenvalue weighted by atomic mass is 35.5. The molecular weight excluding hydrogens is 445 g/mol. The van der Waals surface area contributed by atoms with Crippen molar-refractivity contribution < 1.29 is 13.7 Å². The highest BCUT2D eigenvalue weighted by Gasteiger charge is 2.13. The summed E-state index contributed by atoms with van der Waals surface area (Å²) in [4.78, 5) is 12.8. The van der Waals surface area contributed by atoms with Crippen molar-refractivity contribution in [2.75, 3.05) is 0 Å². The lowest BCUT2D eigenvalue weighted by atomic mass is 10.0. The van der Waals surface area contributed by atoms with Crippen LogP contribution in [0.4, 0.5) is 0 Å². The fraction of sp³-hybridized carbons (Fsp3) is 0. The van der Waals surface area contributed by atoms with E-state index < -0.39 is 0 Å². The summed E-state index contributed by atoms with van der Waals surface area (Å²) in [7, 11) is 0. The molecule has 0 aliphatic carbocycles. The Kier molecular flexibility index (Phi) is 5.39. The van der Waals surface area contributed by atoms with Crippen LogP contribution in [-0.2, 0) is 0 Å². The lowest BCUT2D eigenvalue weighted by molar-refractivity contribution is 0.104.